The van der Waals surface area contributed by atoms with Crippen molar-refractivity contribution < 1.29 is 43.0 Å². The van der Waals surface area contributed by atoms with Crippen molar-refractivity contribution in [2.45, 2.75) is 174 Å². The summed E-state index contributed by atoms with van der Waals surface area (Å²) in [5.41, 5.74) is 0. The summed E-state index contributed by atoms with van der Waals surface area (Å²) in [6, 6.07) is 0. The molecule has 0 bridgehead atoms. The van der Waals surface area contributed by atoms with E-state index in [2.05, 4.69) is 26.0 Å². The van der Waals surface area contributed by atoms with Gasteiger partial charge in [0.2, 0.25) is 0 Å². The maximum atomic E-state index is 12.5. The fourth-order valence-corrected chi connectivity index (χ4v) is 5.67. The van der Waals surface area contributed by atoms with Gasteiger partial charge < -0.3 is 24.6 Å². The third kappa shape index (κ3) is 32.9. The molecule has 3 unspecified atom stereocenters. The van der Waals surface area contributed by atoms with Gasteiger partial charge in [0.25, 0.3) is 0 Å². The first-order valence-corrected chi connectivity index (χ1v) is 19.7. The van der Waals surface area contributed by atoms with Gasteiger partial charge in [-0.1, -0.05) is 129 Å². The van der Waals surface area contributed by atoms with E-state index in [0.29, 0.717) is 6.61 Å². The highest BCUT2D eigenvalue weighted by atomic mass is 31.2. The molecule has 3 N–H and O–H groups in total. The second-order valence-electron chi connectivity index (χ2n) is 12.2. The number of hydrogen-bond acceptors (Lipinski definition) is 8. The van der Waals surface area contributed by atoms with E-state index in [9.17, 15) is 19.4 Å². The fourth-order valence-electron chi connectivity index (χ4n) is 4.88. The minimum Gasteiger partial charge on any atom is -0.457 e. The molecule has 0 aromatic rings. The van der Waals surface area contributed by atoms with Gasteiger partial charge in [0.05, 0.1) is 26.4 Å². The van der Waals surface area contributed by atoms with Crippen LogP contribution >= 0.6 is 7.82 Å². The molecule has 0 saturated heterocycles. The number of allylic oxidation sites excluding steroid dienone is 2. The van der Waals surface area contributed by atoms with Crippen LogP contribution in [-0.2, 0) is 27.9 Å². The van der Waals surface area contributed by atoms with Gasteiger partial charge >= 0.3 is 13.8 Å². The molecule has 0 aromatic heterocycles. The predicted octanol–water partition coefficient (Wildman–Crippen LogP) is 8.97. The van der Waals surface area contributed by atoms with Gasteiger partial charge in [-0.3, -0.25) is 13.8 Å². The minimum atomic E-state index is -4.50. The predicted molar refractivity (Wildman–Crippen MR) is 182 cm³/mol. The first-order valence-electron chi connectivity index (χ1n) is 18.2. The molecule has 0 aliphatic carbocycles. The van der Waals surface area contributed by atoms with Crippen molar-refractivity contribution in [1.82, 2.24) is 0 Å². The second-order valence-corrected chi connectivity index (χ2v) is 13.7. The molecule has 0 amide bonds. The molecule has 3 atom stereocenters. The Morgan fingerprint density at radius 3 is 1.69 bits per heavy atom. The van der Waals surface area contributed by atoms with Crippen LogP contribution in [0.5, 0.6) is 0 Å². The van der Waals surface area contributed by atoms with Crippen LogP contribution in [0.15, 0.2) is 12.2 Å². The Hall–Kier alpha value is -0.800. The van der Waals surface area contributed by atoms with E-state index in [1.165, 1.54) is 89.9 Å². The molecule has 10 heteroatoms. The molecule has 0 rings (SSSR count). The van der Waals surface area contributed by atoms with Crippen LogP contribution in [0, 0.1) is 0 Å². The summed E-state index contributed by atoms with van der Waals surface area (Å²) >= 11 is 0. The van der Waals surface area contributed by atoms with E-state index in [-0.39, 0.29) is 19.6 Å². The Kier molecular flexibility index (Phi) is 32.5. The van der Waals surface area contributed by atoms with Crippen molar-refractivity contribution in [3.05, 3.63) is 12.2 Å². The number of phosphoric acid groups is 1. The zero-order valence-electron chi connectivity index (χ0n) is 28.8. The maximum Gasteiger partial charge on any atom is 0.472 e. The third-order valence-electron chi connectivity index (χ3n) is 7.70. The Labute approximate surface area is 275 Å². The maximum absolute atomic E-state index is 12.5. The molecule has 0 aliphatic rings. The molecule has 0 aromatic carbocycles. The molecule has 0 fully saturated rings. The van der Waals surface area contributed by atoms with Crippen LogP contribution in [0.3, 0.4) is 0 Å². The van der Waals surface area contributed by atoms with E-state index in [0.717, 1.165) is 51.4 Å². The second kappa shape index (κ2) is 33.1. The van der Waals surface area contributed by atoms with Crippen molar-refractivity contribution in [3.8, 4) is 0 Å². The number of rotatable bonds is 35. The number of ether oxygens (including phenoxy) is 2. The Balaban J connectivity index is 4.26. The van der Waals surface area contributed by atoms with E-state index < -0.39 is 39.2 Å². The normalized spacial score (nSPS) is 14.5. The van der Waals surface area contributed by atoms with Crippen molar-refractivity contribution in [2.75, 3.05) is 33.0 Å². The molecule has 0 aliphatic heterocycles. The Morgan fingerprint density at radius 2 is 1.13 bits per heavy atom. The highest BCUT2D eigenvalue weighted by molar-refractivity contribution is 7.47. The summed E-state index contributed by atoms with van der Waals surface area (Å²) < 4.78 is 33.1. The average Bonchev–Trinajstić information content (AvgIpc) is 3.03. The van der Waals surface area contributed by atoms with E-state index in [4.69, 9.17) is 23.6 Å². The molecule has 0 saturated carbocycles. The fraction of sp³-hybridized carbons (Fsp3) is 0.914. The number of unbranched alkanes of at least 4 members (excludes halogenated alkanes) is 19. The number of carbonyl (C=O) groups is 1. The highest BCUT2D eigenvalue weighted by Crippen LogP contribution is 2.43. The molecule has 9 nitrogen and oxygen atoms in total. The lowest BCUT2D eigenvalue weighted by molar-refractivity contribution is -0.154. The molecule has 268 valence electrons. The SMILES string of the molecule is CCCCCC/C=C\CCCCCCCC(=O)OC(COCCCCCCCCCCCCC)COP(=O)(O)OCC(O)CO. The molecule has 45 heavy (non-hydrogen) atoms. The van der Waals surface area contributed by atoms with Gasteiger partial charge in [0.1, 0.15) is 12.2 Å². The average molecular weight is 665 g/mol. The lowest BCUT2D eigenvalue weighted by atomic mass is 10.1. The van der Waals surface area contributed by atoms with Gasteiger partial charge in [-0.2, -0.15) is 0 Å². The number of carbonyl (C=O) groups excluding carboxylic acids is 1. The summed E-state index contributed by atoms with van der Waals surface area (Å²) in [5.74, 6) is -0.391. The smallest absolute Gasteiger partial charge is 0.457 e. The van der Waals surface area contributed by atoms with Gasteiger partial charge in [0, 0.05) is 13.0 Å². The zero-order chi connectivity index (χ0) is 33.3. The Bertz CT molecular complexity index is 719. The van der Waals surface area contributed by atoms with Crippen LogP contribution in [-0.4, -0.2) is 66.3 Å². The summed E-state index contributed by atoms with van der Waals surface area (Å²) in [5, 5.41) is 18.2. The topological polar surface area (TPSA) is 132 Å². The lowest BCUT2D eigenvalue weighted by Crippen LogP contribution is -2.29. The van der Waals surface area contributed by atoms with E-state index in [1.54, 1.807) is 0 Å². The molecule has 0 heterocycles. The quantitative estimate of drug-likeness (QED) is 0.0263. The van der Waals surface area contributed by atoms with Crippen molar-refractivity contribution in [3.63, 3.8) is 0 Å². The first-order chi connectivity index (χ1) is 21.8. The first kappa shape index (κ1) is 44.2. The minimum absolute atomic E-state index is 0.0505. The van der Waals surface area contributed by atoms with Crippen molar-refractivity contribution in [2.24, 2.45) is 0 Å². The summed E-state index contributed by atoms with van der Waals surface area (Å²) in [6.07, 6.45) is 28.8. The van der Waals surface area contributed by atoms with Gasteiger partial charge in [0.15, 0.2) is 0 Å². The standard InChI is InChI=1S/C35H69O9P/c1-3-5-7-9-11-13-15-16-17-19-21-23-25-27-35(38)44-34(32-43-45(39,40)42-30-33(37)29-36)31-41-28-26-24-22-20-18-14-12-10-8-6-4-2/h13,15,33-34,36-37H,3-12,14,16-32H2,1-2H3,(H,39,40)/b15-13-. The number of aliphatic hydroxyl groups is 2. The van der Waals surface area contributed by atoms with E-state index >= 15 is 0 Å². The van der Waals surface area contributed by atoms with E-state index in [1.807, 2.05) is 0 Å². The summed E-state index contributed by atoms with van der Waals surface area (Å²) in [7, 11) is -4.50. The van der Waals surface area contributed by atoms with Gasteiger partial charge in [-0.25, -0.2) is 4.57 Å². The monoisotopic (exact) mass is 664 g/mol. The zero-order valence-corrected chi connectivity index (χ0v) is 29.7. The molecule has 0 spiro atoms. The van der Waals surface area contributed by atoms with Crippen molar-refractivity contribution in [1.29, 1.82) is 0 Å². The van der Waals surface area contributed by atoms with Gasteiger partial charge in [-0.05, 0) is 38.5 Å². The largest absolute Gasteiger partial charge is 0.472 e. The summed E-state index contributed by atoms with van der Waals surface area (Å²) in [4.78, 5) is 22.4. The molecular formula is C35H69O9P. The van der Waals surface area contributed by atoms with Crippen LogP contribution in [0.4, 0.5) is 0 Å². The highest BCUT2D eigenvalue weighted by Gasteiger charge is 2.26. The number of hydrogen-bond donors (Lipinski definition) is 3. The third-order valence-corrected chi connectivity index (χ3v) is 8.65. The van der Waals surface area contributed by atoms with Crippen LogP contribution in [0.1, 0.15) is 162 Å². The van der Waals surface area contributed by atoms with Crippen LogP contribution in [0.25, 0.3) is 0 Å². The number of aliphatic hydroxyl groups excluding tert-OH is 2. The Morgan fingerprint density at radius 1 is 0.667 bits per heavy atom. The lowest BCUT2D eigenvalue weighted by Gasteiger charge is -2.20. The van der Waals surface area contributed by atoms with Crippen LogP contribution in [0.2, 0.25) is 0 Å². The molecule has 0 radical (unpaired) electrons. The van der Waals surface area contributed by atoms with Crippen molar-refractivity contribution >= 4 is 13.8 Å². The number of phosphoric ester groups is 1. The van der Waals surface area contributed by atoms with Gasteiger partial charge in [-0.15, -0.1) is 0 Å². The summed E-state index contributed by atoms with van der Waals surface area (Å²) in [6.45, 7) is 3.49. The van der Waals surface area contributed by atoms with Crippen LogP contribution < -0.4 is 0 Å². The number of esters is 1. The molecular weight excluding hydrogens is 595 g/mol.